The summed E-state index contributed by atoms with van der Waals surface area (Å²) in [6, 6.07) is 19.4. The van der Waals surface area contributed by atoms with Gasteiger partial charge in [-0.3, -0.25) is 9.59 Å². The van der Waals surface area contributed by atoms with Crippen LogP contribution in [0.4, 0.5) is 0 Å². The average Bonchev–Trinajstić information content (AvgIpc) is 2.87. The van der Waals surface area contributed by atoms with Gasteiger partial charge in [-0.2, -0.15) is 20.8 Å². The van der Waals surface area contributed by atoms with Crippen molar-refractivity contribution in [2.24, 2.45) is 10.8 Å². The van der Waals surface area contributed by atoms with Gasteiger partial charge in [0.25, 0.3) is 0 Å². The Kier molecular flexibility index (Phi) is 27.8. The first-order chi connectivity index (χ1) is 19.3. The summed E-state index contributed by atoms with van der Waals surface area (Å²) < 4.78 is 0. The molecule has 4 N–H and O–H groups in total. The Morgan fingerprint density at radius 2 is 1.16 bits per heavy atom. The predicted molar refractivity (Wildman–Crippen MR) is 184 cm³/mol. The molecule has 0 aliphatic carbocycles. The maximum atomic E-state index is 11.7. The van der Waals surface area contributed by atoms with Crippen molar-refractivity contribution in [2.45, 2.75) is 68.4 Å². The fourth-order valence-corrected chi connectivity index (χ4v) is 2.87. The van der Waals surface area contributed by atoms with E-state index in [9.17, 15) is 24.9 Å². The van der Waals surface area contributed by atoms with Crippen LogP contribution in [0, 0.1) is 16.7 Å². The van der Waals surface area contributed by atoms with E-state index in [0.717, 1.165) is 14.1 Å². The number of phenolic OH excluding ortho intramolecular Hbond substituents is 3. The Balaban J connectivity index is -0.000000244. The van der Waals surface area contributed by atoms with Crippen LogP contribution < -0.4 is 12.4 Å². The monoisotopic (exact) mass is 658 g/mol. The summed E-state index contributed by atoms with van der Waals surface area (Å²) in [5.41, 5.74) is 1.22. The van der Waals surface area contributed by atoms with Crippen LogP contribution in [0.25, 0.3) is 0 Å². The molecule has 0 amide bonds. The molecule has 0 aliphatic rings. The fourth-order valence-electron chi connectivity index (χ4n) is 2.87. The minimum Gasteiger partial charge on any atom is -1.00 e. The number of aliphatic hydroxyl groups excluding tert-OH is 1. The molecule has 0 radical (unpaired) electrons. The molecular formula is C35H52ClMgO6P. The van der Waals surface area contributed by atoms with Crippen LogP contribution in [0.1, 0.15) is 94.7 Å². The number of carbonyl (C=O) groups excluding carboxylic acids is 2. The third-order valence-electron chi connectivity index (χ3n) is 4.80. The van der Waals surface area contributed by atoms with Gasteiger partial charge in [-0.15, -0.1) is 8.58 Å². The summed E-state index contributed by atoms with van der Waals surface area (Å²) in [7, 11) is 1.08. The summed E-state index contributed by atoms with van der Waals surface area (Å²) in [5, 5.41) is 37.0. The van der Waals surface area contributed by atoms with Crippen molar-refractivity contribution in [3.05, 3.63) is 95.4 Å². The number of phenols is 3. The van der Waals surface area contributed by atoms with E-state index in [1.165, 1.54) is 24.1 Å². The standard InChI is InChI=1S/C11H16O2.C11H14O2.C7H6O2.C4H9.C2H7P.ClH.Mg/c2*1-11(2,3)10(13)8-5-4-6-9(12)7-8;8-5-6-2-1-3-7(9)4-6;1-4(2)3;1-3-2;;/h4-7,10,12-13H,1-3H3;4-7,12H,1-3H3;1-5,9H;1-3H3;3H,1-2H3;1H;/q;;;-1;;;+2/p-1. The van der Waals surface area contributed by atoms with Gasteiger partial charge in [-0.1, -0.05) is 77.9 Å². The van der Waals surface area contributed by atoms with Crippen molar-refractivity contribution >= 4 is 43.7 Å². The van der Waals surface area contributed by atoms with Gasteiger partial charge in [0.15, 0.2) is 5.78 Å². The van der Waals surface area contributed by atoms with E-state index in [2.05, 4.69) is 34.1 Å². The van der Waals surface area contributed by atoms with Crippen LogP contribution in [-0.4, -0.2) is 68.9 Å². The Morgan fingerprint density at radius 1 is 0.773 bits per heavy atom. The number of Topliss-reactive ketones (excluding diaryl/α,β-unsaturated/α-hetero) is 1. The minimum atomic E-state index is -0.542. The second kappa shape index (κ2) is 25.1. The number of hydrogen-bond acceptors (Lipinski definition) is 6. The molecule has 0 fully saturated rings. The van der Waals surface area contributed by atoms with Gasteiger partial charge in [0, 0.05) is 16.5 Å². The van der Waals surface area contributed by atoms with Crippen molar-refractivity contribution in [2.75, 3.05) is 13.3 Å². The number of aliphatic hydroxyl groups is 1. The van der Waals surface area contributed by atoms with Gasteiger partial charge in [0.2, 0.25) is 0 Å². The van der Waals surface area contributed by atoms with Crippen molar-refractivity contribution in [1.29, 1.82) is 0 Å². The second-order valence-electron chi connectivity index (χ2n) is 12.2. The number of rotatable bonds is 3. The van der Waals surface area contributed by atoms with Gasteiger partial charge in [0.05, 0.1) is 6.10 Å². The molecule has 3 aromatic carbocycles. The smallest absolute Gasteiger partial charge is 1.00 e. The van der Waals surface area contributed by atoms with E-state index in [0.29, 0.717) is 17.4 Å². The molecule has 0 aliphatic heterocycles. The SMILES string of the molecule is CC(C)(C)C(=O)c1cccc(O)c1.CC(C)(C)C(O)c1cccc(O)c1.CPC.C[C-](C)C.O=Cc1cccc(O)c1.[Cl-].[Mg+2]. The third kappa shape index (κ3) is 24.2. The summed E-state index contributed by atoms with van der Waals surface area (Å²) in [5.74, 6) is 1.92. The van der Waals surface area contributed by atoms with E-state index in [1.807, 2.05) is 47.6 Å². The number of benzene rings is 3. The van der Waals surface area contributed by atoms with Crippen molar-refractivity contribution in [1.82, 2.24) is 0 Å². The summed E-state index contributed by atoms with van der Waals surface area (Å²) >= 11 is 0. The maximum absolute atomic E-state index is 11.7. The van der Waals surface area contributed by atoms with Crippen molar-refractivity contribution in [3.8, 4) is 17.2 Å². The predicted octanol–water partition coefficient (Wildman–Crippen LogP) is 5.47. The Hall–Kier alpha value is -2.15. The summed E-state index contributed by atoms with van der Waals surface area (Å²) in [6.07, 6.45) is 0.152. The van der Waals surface area contributed by atoms with Crippen LogP contribution in [0.3, 0.4) is 0 Å². The second-order valence-corrected chi connectivity index (χ2v) is 13.2. The zero-order valence-electron chi connectivity index (χ0n) is 28.3. The van der Waals surface area contributed by atoms with Crippen molar-refractivity contribution in [3.63, 3.8) is 0 Å². The van der Waals surface area contributed by atoms with Gasteiger partial charge in [-0.25, -0.2) is 0 Å². The zero-order chi connectivity index (χ0) is 33.1. The van der Waals surface area contributed by atoms with Crippen LogP contribution >= 0.6 is 8.58 Å². The first-order valence-corrected chi connectivity index (χ1v) is 15.7. The largest absolute Gasteiger partial charge is 2.00 e. The molecular weight excluding hydrogens is 607 g/mol. The average molecular weight is 660 g/mol. The van der Waals surface area contributed by atoms with E-state index in [1.54, 1.807) is 48.5 Å². The molecule has 9 heteroatoms. The number of aldehydes is 1. The van der Waals surface area contributed by atoms with E-state index < -0.39 is 11.5 Å². The normalized spacial score (nSPS) is 10.6. The summed E-state index contributed by atoms with van der Waals surface area (Å²) in [4.78, 5) is 21.8. The number of carbonyl (C=O) groups is 2. The molecule has 0 saturated carbocycles. The number of halogens is 1. The molecule has 0 spiro atoms. The first kappa shape index (κ1) is 48.7. The van der Waals surface area contributed by atoms with E-state index in [4.69, 9.17) is 5.11 Å². The van der Waals surface area contributed by atoms with Crippen LogP contribution in [0.5, 0.6) is 17.2 Å². The first-order valence-electron chi connectivity index (χ1n) is 13.7. The van der Waals surface area contributed by atoms with Crippen LogP contribution in [0.2, 0.25) is 0 Å². The zero-order valence-corrected chi connectivity index (χ0v) is 31.4. The fraction of sp³-hybridized carbons (Fsp3) is 0.400. The molecule has 44 heavy (non-hydrogen) atoms. The molecule has 242 valence electrons. The van der Waals surface area contributed by atoms with E-state index in [-0.39, 0.29) is 63.9 Å². The molecule has 0 bridgehead atoms. The Morgan fingerprint density at radius 3 is 1.48 bits per heavy atom. The molecule has 3 rings (SSSR count). The quantitative estimate of drug-likeness (QED) is 0.0976. The van der Waals surface area contributed by atoms with Crippen LogP contribution in [0.15, 0.2) is 72.8 Å². The number of hydrogen-bond donors (Lipinski definition) is 4. The number of aromatic hydroxyl groups is 3. The number of ketones is 1. The third-order valence-corrected chi connectivity index (χ3v) is 4.80. The van der Waals surface area contributed by atoms with Crippen molar-refractivity contribution < 1.29 is 42.4 Å². The Labute approximate surface area is 290 Å². The van der Waals surface area contributed by atoms with Crippen LogP contribution in [-0.2, 0) is 0 Å². The van der Waals surface area contributed by atoms with Gasteiger partial charge >= 0.3 is 23.1 Å². The molecule has 1 atom stereocenters. The molecule has 3 aromatic rings. The van der Waals surface area contributed by atoms with Gasteiger partial charge in [-0.05, 0) is 60.7 Å². The summed E-state index contributed by atoms with van der Waals surface area (Å²) in [6.45, 7) is 22.0. The van der Waals surface area contributed by atoms with E-state index >= 15 is 0 Å². The molecule has 6 nitrogen and oxygen atoms in total. The van der Waals surface area contributed by atoms with Gasteiger partial charge < -0.3 is 38.8 Å². The topological polar surface area (TPSA) is 115 Å². The molecule has 0 heterocycles. The maximum Gasteiger partial charge on any atom is 2.00 e. The molecule has 1 unspecified atom stereocenters. The minimum absolute atomic E-state index is 0. The Bertz CT molecular complexity index is 1190. The molecule has 0 saturated heterocycles. The van der Waals surface area contributed by atoms with Gasteiger partial charge in [0.1, 0.15) is 23.5 Å². The molecule has 0 aromatic heterocycles.